The molecule has 202 valence electrons. The molecule has 2 aromatic heterocycles. The zero-order valence-electron chi connectivity index (χ0n) is 21.6. The summed E-state index contributed by atoms with van der Waals surface area (Å²) in [5.74, 6) is 0.473. The maximum atomic E-state index is 14.0. The van der Waals surface area contributed by atoms with Crippen LogP contribution >= 0.6 is 0 Å². The van der Waals surface area contributed by atoms with Crippen LogP contribution in [0.2, 0.25) is 0 Å². The van der Waals surface area contributed by atoms with Gasteiger partial charge in [-0.25, -0.2) is 9.97 Å². The highest BCUT2D eigenvalue weighted by atomic mass is 19.4. The summed E-state index contributed by atoms with van der Waals surface area (Å²) in [7, 11) is 0. The molecule has 8 nitrogen and oxygen atoms in total. The normalized spacial score (nSPS) is 21.0. The van der Waals surface area contributed by atoms with Crippen molar-refractivity contribution in [2.75, 3.05) is 13.1 Å². The molecule has 0 bridgehead atoms. The molecule has 1 aliphatic carbocycles. The van der Waals surface area contributed by atoms with Gasteiger partial charge in [-0.1, -0.05) is 0 Å². The van der Waals surface area contributed by atoms with Crippen LogP contribution in [-0.4, -0.2) is 50.6 Å². The van der Waals surface area contributed by atoms with Crippen molar-refractivity contribution in [1.82, 2.24) is 19.4 Å². The van der Waals surface area contributed by atoms with Gasteiger partial charge < -0.3 is 14.4 Å². The van der Waals surface area contributed by atoms with E-state index in [9.17, 15) is 22.8 Å². The summed E-state index contributed by atoms with van der Waals surface area (Å²) < 4.78 is 55.0. The molecule has 2 fully saturated rings. The molecule has 38 heavy (non-hydrogen) atoms. The number of pyridine rings is 1. The lowest BCUT2D eigenvalue weighted by Crippen LogP contribution is -2.48. The molecule has 0 radical (unpaired) electrons. The van der Waals surface area contributed by atoms with Crippen molar-refractivity contribution >= 4 is 16.9 Å². The summed E-state index contributed by atoms with van der Waals surface area (Å²) in [5, 5.41) is 0.0239. The summed E-state index contributed by atoms with van der Waals surface area (Å²) in [6.07, 6.45) is -4.34. The van der Waals surface area contributed by atoms with Crippen LogP contribution in [0.3, 0.4) is 0 Å². The Balaban J connectivity index is 1.43. The Labute approximate surface area is 217 Å². The number of aromatic nitrogens is 3. The number of ether oxygens (including phenoxy) is 2. The predicted molar refractivity (Wildman–Crippen MR) is 133 cm³/mol. The lowest BCUT2D eigenvalue weighted by Gasteiger charge is -2.35. The van der Waals surface area contributed by atoms with E-state index in [1.54, 1.807) is 36.1 Å². The fourth-order valence-electron chi connectivity index (χ4n) is 5.02. The van der Waals surface area contributed by atoms with Crippen LogP contribution in [0.1, 0.15) is 73.2 Å². The van der Waals surface area contributed by atoms with Crippen LogP contribution in [-0.2, 0) is 10.9 Å². The second kappa shape index (κ2) is 9.68. The van der Waals surface area contributed by atoms with Gasteiger partial charge in [0.2, 0.25) is 0 Å². The van der Waals surface area contributed by atoms with Crippen LogP contribution < -0.4 is 10.3 Å². The highest BCUT2D eigenvalue weighted by Crippen LogP contribution is 2.37. The summed E-state index contributed by atoms with van der Waals surface area (Å²) in [6.45, 7) is 7.83. The van der Waals surface area contributed by atoms with Gasteiger partial charge in [0.1, 0.15) is 17.7 Å². The topological polar surface area (TPSA) is 86.6 Å². The zero-order valence-corrected chi connectivity index (χ0v) is 21.6. The molecular formula is C27H29F3N4O4. The lowest BCUT2D eigenvalue weighted by atomic mass is 10.1. The van der Waals surface area contributed by atoms with Crippen molar-refractivity contribution in [3.63, 3.8) is 0 Å². The molecule has 3 heterocycles. The first-order valence-corrected chi connectivity index (χ1v) is 12.6. The van der Waals surface area contributed by atoms with E-state index in [1.165, 1.54) is 17.6 Å². The highest BCUT2D eigenvalue weighted by Gasteiger charge is 2.38. The molecule has 0 spiro atoms. The van der Waals surface area contributed by atoms with Gasteiger partial charge in [0.25, 0.3) is 11.5 Å². The summed E-state index contributed by atoms with van der Waals surface area (Å²) in [5.41, 5.74) is -1.60. The molecule has 0 unspecified atom stereocenters. The van der Waals surface area contributed by atoms with Crippen molar-refractivity contribution in [2.24, 2.45) is 0 Å². The Hall–Kier alpha value is -3.47. The Kier molecular flexibility index (Phi) is 6.66. The van der Waals surface area contributed by atoms with Gasteiger partial charge >= 0.3 is 6.18 Å². The third-order valence-corrected chi connectivity index (χ3v) is 6.84. The van der Waals surface area contributed by atoms with Crippen LogP contribution in [0.4, 0.5) is 13.2 Å². The van der Waals surface area contributed by atoms with E-state index in [1.807, 2.05) is 13.8 Å². The minimum Gasteiger partial charge on any atom is -0.486 e. The van der Waals surface area contributed by atoms with E-state index < -0.39 is 23.5 Å². The average molecular weight is 531 g/mol. The van der Waals surface area contributed by atoms with Crippen LogP contribution in [0.15, 0.2) is 35.1 Å². The Bertz CT molecular complexity index is 1420. The number of morpholine rings is 1. The number of nitrogens with zero attached hydrogens (tertiary/aromatic N) is 4. The zero-order chi connectivity index (χ0) is 27.4. The number of alkyl halides is 3. The van der Waals surface area contributed by atoms with Crippen LogP contribution in [0, 0.1) is 6.92 Å². The van der Waals surface area contributed by atoms with E-state index >= 15 is 0 Å². The molecule has 3 atom stereocenters. The first kappa shape index (κ1) is 26.1. The van der Waals surface area contributed by atoms with Gasteiger partial charge in [0.05, 0.1) is 17.6 Å². The molecule has 11 heteroatoms. The van der Waals surface area contributed by atoms with E-state index in [-0.39, 0.29) is 46.5 Å². The van der Waals surface area contributed by atoms with Crippen molar-refractivity contribution in [1.29, 1.82) is 0 Å². The molecule has 1 saturated heterocycles. The number of hydrogen-bond donors (Lipinski definition) is 0. The Morgan fingerprint density at radius 3 is 2.32 bits per heavy atom. The number of amides is 1. The second-order valence-electron chi connectivity index (χ2n) is 10.1. The lowest BCUT2D eigenvalue weighted by molar-refractivity contribution is -0.142. The smallest absolute Gasteiger partial charge is 0.433 e. The van der Waals surface area contributed by atoms with E-state index in [0.717, 1.165) is 12.8 Å². The first-order chi connectivity index (χ1) is 17.9. The maximum absolute atomic E-state index is 14.0. The molecule has 1 aromatic carbocycles. The summed E-state index contributed by atoms with van der Waals surface area (Å²) in [6, 6.07) is 7.47. The molecule has 2 aliphatic rings. The number of carbonyl (C=O) groups excluding carboxylic acids is 1. The number of halogens is 3. The number of benzene rings is 1. The number of carbonyl (C=O) groups is 1. The Morgan fingerprint density at radius 2 is 1.74 bits per heavy atom. The average Bonchev–Trinajstić information content (AvgIpc) is 3.67. The third kappa shape index (κ3) is 5.11. The molecule has 1 saturated carbocycles. The number of rotatable bonds is 5. The monoisotopic (exact) mass is 530 g/mol. The maximum Gasteiger partial charge on any atom is 0.433 e. The van der Waals surface area contributed by atoms with Gasteiger partial charge in [0.15, 0.2) is 11.3 Å². The van der Waals surface area contributed by atoms with E-state index in [4.69, 9.17) is 9.47 Å². The van der Waals surface area contributed by atoms with E-state index in [0.29, 0.717) is 24.5 Å². The summed E-state index contributed by atoms with van der Waals surface area (Å²) >= 11 is 0. The van der Waals surface area contributed by atoms with Gasteiger partial charge in [-0.05, 0) is 70.9 Å². The van der Waals surface area contributed by atoms with Crippen molar-refractivity contribution in [3.05, 3.63) is 63.3 Å². The standard InChI is InChI=1S/C27H29F3N4O4/c1-14-12-33(13-15(2)37-14)25(35)18-5-9-20(10-6-18)38-16(3)21-11-22-24(32-23(21)27(28,29)30)31-17(4)34(26(22)36)19-7-8-19/h5-6,9-11,14-16,19H,7-8,12-13H2,1-4H3/t14-,15+,16-/m0/s1. The molecule has 0 N–H and O–H groups in total. The summed E-state index contributed by atoms with van der Waals surface area (Å²) in [4.78, 5) is 35.7. The van der Waals surface area contributed by atoms with Crippen LogP contribution in [0.5, 0.6) is 5.75 Å². The van der Waals surface area contributed by atoms with Crippen molar-refractivity contribution < 1.29 is 27.4 Å². The van der Waals surface area contributed by atoms with Gasteiger partial charge in [-0.3, -0.25) is 14.2 Å². The predicted octanol–water partition coefficient (Wildman–Crippen LogP) is 4.84. The van der Waals surface area contributed by atoms with Crippen LogP contribution in [0.25, 0.3) is 11.0 Å². The Morgan fingerprint density at radius 1 is 1.11 bits per heavy atom. The minimum atomic E-state index is -4.77. The highest BCUT2D eigenvalue weighted by molar-refractivity contribution is 5.94. The van der Waals surface area contributed by atoms with Gasteiger partial charge in [-0.2, -0.15) is 13.2 Å². The number of hydrogen-bond acceptors (Lipinski definition) is 6. The first-order valence-electron chi connectivity index (χ1n) is 12.6. The minimum absolute atomic E-state index is 0.0175. The largest absolute Gasteiger partial charge is 0.486 e. The molecule has 5 rings (SSSR count). The molecule has 3 aromatic rings. The molecular weight excluding hydrogens is 501 g/mol. The third-order valence-electron chi connectivity index (χ3n) is 6.84. The van der Waals surface area contributed by atoms with Gasteiger partial charge in [0, 0.05) is 30.3 Å². The second-order valence-corrected chi connectivity index (χ2v) is 10.1. The number of aryl methyl sites for hydroxylation is 1. The quantitative estimate of drug-likeness (QED) is 0.469. The number of fused-ring (bicyclic) bond motifs is 1. The molecule has 1 amide bonds. The van der Waals surface area contributed by atoms with Crippen molar-refractivity contribution in [3.8, 4) is 5.75 Å². The van der Waals surface area contributed by atoms with E-state index in [2.05, 4.69) is 9.97 Å². The van der Waals surface area contributed by atoms with Crippen molar-refractivity contribution in [2.45, 2.75) is 71.1 Å². The SMILES string of the molecule is Cc1nc2nc(C(F)(F)F)c([C@H](C)Oc3ccc(C(=O)N4C[C@@H](C)O[C@@H](C)C4)cc3)cc2c(=O)n1C1CC1. The van der Waals surface area contributed by atoms with Gasteiger partial charge in [-0.15, -0.1) is 0 Å². The fraction of sp³-hybridized carbons (Fsp3) is 0.481. The molecule has 1 aliphatic heterocycles. The fourth-order valence-corrected chi connectivity index (χ4v) is 5.02.